The zero-order valence-corrected chi connectivity index (χ0v) is 16.2. The van der Waals surface area contributed by atoms with Crippen molar-refractivity contribution in [3.8, 4) is 5.75 Å². The molecule has 7 heteroatoms. The molecule has 2 aromatic rings. The number of carbonyl (C=O) groups excluding carboxylic acids is 1. The number of aromatic nitrogens is 1. The van der Waals surface area contributed by atoms with Gasteiger partial charge in [-0.3, -0.25) is 4.79 Å². The molecule has 0 radical (unpaired) electrons. The second kappa shape index (κ2) is 7.55. The van der Waals surface area contributed by atoms with Crippen LogP contribution in [0, 0.1) is 6.92 Å². The van der Waals surface area contributed by atoms with E-state index in [9.17, 15) is 14.1 Å². The average Bonchev–Trinajstić information content (AvgIpc) is 2.52. The fourth-order valence-corrected chi connectivity index (χ4v) is 3.17. The SMILES string of the molecule is Cc1c(Br)c(=O)c(C(=O)Oc2ccc([S+](C)[O-])cc2)cn1C(C)C. The Morgan fingerprint density at radius 2 is 1.88 bits per heavy atom. The number of pyridine rings is 1. The highest BCUT2D eigenvalue weighted by Crippen LogP contribution is 2.20. The van der Waals surface area contributed by atoms with E-state index in [2.05, 4.69) is 15.9 Å². The molecule has 5 nitrogen and oxygen atoms in total. The maximum absolute atomic E-state index is 12.4. The summed E-state index contributed by atoms with van der Waals surface area (Å²) in [5.74, 6) is -0.429. The lowest BCUT2D eigenvalue weighted by atomic mass is 10.2. The lowest BCUT2D eigenvalue weighted by Gasteiger charge is -2.17. The fourth-order valence-electron chi connectivity index (χ4n) is 2.23. The summed E-state index contributed by atoms with van der Waals surface area (Å²) < 4.78 is 18.8. The van der Waals surface area contributed by atoms with Gasteiger partial charge in [0.1, 0.15) is 17.6 Å². The molecule has 1 heterocycles. The minimum absolute atomic E-state index is 0.0377. The van der Waals surface area contributed by atoms with Crippen molar-refractivity contribution < 1.29 is 14.1 Å². The first-order chi connectivity index (χ1) is 11.2. The standard InChI is InChI=1S/C17H18BrNO4S/c1-10(2)19-9-14(16(20)15(18)11(19)3)17(21)23-12-5-7-13(8-6-12)24(4)22/h5-10H,1-4H3. The number of hydrogen-bond acceptors (Lipinski definition) is 4. The van der Waals surface area contributed by atoms with E-state index < -0.39 is 22.6 Å². The van der Waals surface area contributed by atoms with Gasteiger partial charge in [-0.2, -0.15) is 0 Å². The normalized spacial score (nSPS) is 12.3. The number of nitrogens with zero attached hydrogens (tertiary/aromatic N) is 1. The van der Waals surface area contributed by atoms with Crippen molar-refractivity contribution in [2.75, 3.05) is 6.26 Å². The molecule has 0 aliphatic carbocycles. The quantitative estimate of drug-likeness (QED) is 0.438. The van der Waals surface area contributed by atoms with E-state index in [1.54, 1.807) is 30.5 Å². The lowest BCUT2D eigenvalue weighted by molar-refractivity contribution is 0.0732. The van der Waals surface area contributed by atoms with E-state index in [0.29, 0.717) is 15.1 Å². The van der Waals surface area contributed by atoms with E-state index in [0.717, 1.165) is 5.69 Å². The van der Waals surface area contributed by atoms with Crippen LogP contribution in [0.1, 0.15) is 35.9 Å². The third-order valence-electron chi connectivity index (χ3n) is 3.56. The van der Waals surface area contributed by atoms with Crippen LogP contribution in [0.15, 0.2) is 44.6 Å². The van der Waals surface area contributed by atoms with Gasteiger partial charge >= 0.3 is 5.97 Å². The highest BCUT2D eigenvalue weighted by Gasteiger charge is 2.19. The summed E-state index contributed by atoms with van der Waals surface area (Å²) in [6.45, 7) is 5.73. The molecule has 0 N–H and O–H groups in total. The zero-order valence-electron chi connectivity index (χ0n) is 13.8. The molecule has 1 aromatic heterocycles. The zero-order chi connectivity index (χ0) is 18.0. The van der Waals surface area contributed by atoms with Gasteiger partial charge in [0.05, 0.1) is 4.47 Å². The summed E-state index contributed by atoms with van der Waals surface area (Å²) in [6, 6.07) is 6.44. The summed E-state index contributed by atoms with van der Waals surface area (Å²) in [6.07, 6.45) is 3.09. The first-order valence-corrected chi connectivity index (χ1v) is 9.64. The Kier molecular flexibility index (Phi) is 5.90. The number of carbonyl (C=O) groups is 1. The Bertz CT molecular complexity index is 813. The average molecular weight is 412 g/mol. The van der Waals surface area contributed by atoms with Gasteiger partial charge in [0, 0.05) is 17.9 Å². The van der Waals surface area contributed by atoms with Gasteiger partial charge < -0.3 is 13.9 Å². The Morgan fingerprint density at radius 1 is 1.29 bits per heavy atom. The number of ether oxygens (including phenoxy) is 1. The predicted molar refractivity (Wildman–Crippen MR) is 97.3 cm³/mol. The van der Waals surface area contributed by atoms with Crippen LogP contribution < -0.4 is 10.2 Å². The fraction of sp³-hybridized carbons (Fsp3) is 0.294. The molecule has 0 amide bonds. The van der Waals surface area contributed by atoms with E-state index in [-0.39, 0.29) is 11.6 Å². The number of benzene rings is 1. The van der Waals surface area contributed by atoms with Crippen molar-refractivity contribution in [1.29, 1.82) is 0 Å². The summed E-state index contributed by atoms with van der Waals surface area (Å²) in [5, 5.41) is 0. The van der Waals surface area contributed by atoms with Crippen molar-refractivity contribution >= 4 is 33.1 Å². The maximum atomic E-state index is 12.4. The van der Waals surface area contributed by atoms with E-state index in [4.69, 9.17) is 4.74 Å². The molecule has 1 unspecified atom stereocenters. The van der Waals surface area contributed by atoms with E-state index in [1.807, 2.05) is 25.3 Å². The second-order valence-electron chi connectivity index (χ2n) is 5.59. The van der Waals surface area contributed by atoms with Crippen LogP contribution in [-0.4, -0.2) is 21.3 Å². The Labute approximate surface area is 152 Å². The molecule has 2 rings (SSSR count). The minimum Gasteiger partial charge on any atom is -0.612 e. The molecule has 0 spiro atoms. The minimum atomic E-state index is -1.10. The molecule has 0 fully saturated rings. The molecule has 0 bridgehead atoms. The molecule has 0 saturated heterocycles. The molecule has 1 atom stereocenters. The van der Waals surface area contributed by atoms with E-state index in [1.165, 1.54) is 6.20 Å². The summed E-state index contributed by atoms with van der Waals surface area (Å²) in [7, 11) is 0. The van der Waals surface area contributed by atoms with Crippen LogP contribution in [0.4, 0.5) is 0 Å². The monoisotopic (exact) mass is 411 g/mol. The summed E-state index contributed by atoms with van der Waals surface area (Å²) >= 11 is 2.15. The van der Waals surface area contributed by atoms with Crippen molar-refractivity contribution in [2.24, 2.45) is 0 Å². The van der Waals surface area contributed by atoms with Crippen LogP contribution in [-0.2, 0) is 11.2 Å². The maximum Gasteiger partial charge on any atom is 0.349 e. The molecule has 24 heavy (non-hydrogen) atoms. The first kappa shape index (κ1) is 18.8. The third-order valence-corrected chi connectivity index (χ3v) is 5.43. The van der Waals surface area contributed by atoms with Gasteiger partial charge in [0.2, 0.25) is 5.43 Å². The molecule has 128 valence electrons. The molecule has 0 saturated carbocycles. The topological polar surface area (TPSA) is 71.4 Å². The Balaban J connectivity index is 2.34. The summed E-state index contributed by atoms with van der Waals surface area (Å²) in [4.78, 5) is 25.3. The largest absolute Gasteiger partial charge is 0.612 e. The molecular formula is C17H18BrNO4S. The molecule has 0 aliphatic rings. The lowest BCUT2D eigenvalue weighted by Crippen LogP contribution is -2.24. The number of halogens is 1. The van der Waals surface area contributed by atoms with Crippen LogP contribution in [0.25, 0.3) is 0 Å². The Morgan fingerprint density at radius 3 is 2.38 bits per heavy atom. The predicted octanol–water partition coefficient (Wildman–Crippen LogP) is 3.46. The third kappa shape index (κ3) is 3.91. The first-order valence-electron chi connectivity index (χ1n) is 7.29. The van der Waals surface area contributed by atoms with Crippen molar-refractivity contribution in [3.05, 3.63) is 56.4 Å². The van der Waals surface area contributed by atoms with Gasteiger partial charge in [-0.1, -0.05) is 0 Å². The van der Waals surface area contributed by atoms with Crippen LogP contribution in [0.3, 0.4) is 0 Å². The summed E-state index contributed by atoms with van der Waals surface area (Å²) in [5.41, 5.74) is 0.311. The molecule has 1 aromatic carbocycles. The molecule has 0 aliphatic heterocycles. The molecular weight excluding hydrogens is 394 g/mol. The van der Waals surface area contributed by atoms with Gasteiger partial charge in [-0.05, 0) is 72.1 Å². The smallest absolute Gasteiger partial charge is 0.349 e. The van der Waals surface area contributed by atoms with Gasteiger partial charge in [0.25, 0.3) is 0 Å². The van der Waals surface area contributed by atoms with Gasteiger partial charge in [-0.15, -0.1) is 0 Å². The van der Waals surface area contributed by atoms with Crippen molar-refractivity contribution in [3.63, 3.8) is 0 Å². The van der Waals surface area contributed by atoms with Crippen LogP contribution in [0.5, 0.6) is 5.75 Å². The van der Waals surface area contributed by atoms with Crippen molar-refractivity contribution in [2.45, 2.75) is 31.7 Å². The second-order valence-corrected chi connectivity index (χ2v) is 7.76. The van der Waals surface area contributed by atoms with Crippen LogP contribution in [0.2, 0.25) is 0 Å². The van der Waals surface area contributed by atoms with Crippen LogP contribution >= 0.6 is 15.9 Å². The van der Waals surface area contributed by atoms with Gasteiger partial charge in [0.15, 0.2) is 4.90 Å². The van der Waals surface area contributed by atoms with E-state index >= 15 is 0 Å². The van der Waals surface area contributed by atoms with Crippen molar-refractivity contribution in [1.82, 2.24) is 4.57 Å². The number of rotatable bonds is 4. The highest BCUT2D eigenvalue weighted by atomic mass is 79.9. The number of hydrogen-bond donors (Lipinski definition) is 0. The highest BCUT2D eigenvalue weighted by molar-refractivity contribution is 9.10. The number of esters is 1. The van der Waals surface area contributed by atoms with Gasteiger partial charge in [-0.25, -0.2) is 4.79 Å². The Hall–Kier alpha value is -1.57.